The van der Waals surface area contributed by atoms with Crippen LogP contribution in [0.2, 0.25) is 0 Å². The molecule has 152 valence electrons. The Kier molecular flexibility index (Phi) is 8.47. The Morgan fingerprint density at radius 1 is 0.750 bits per heavy atom. The molecule has 1 aromatic heterocycles. The van der Waals surface area contributed by atoms with Crippen LogP contribution in [0.4, 0.5) is 0 Å². The molecule has 0 N–H and O–H groups in total. The number of nitrogens with zero attached hydrogens (tertiary/aromatic N) is 2. The predicted octanol–water partition coefficient (Wildman–Crippen LogP) is 6.55. The Labute approximate surface area is 171 Å². The van der Waals surface area contributed by atoms with E-state index in [0.29, 0.717) is 12.2 Å². The lowest BCUT2D eigenvalue weighted by molar-refractivity contribution is 0.359. The number of ether oxygens (including phenoxy) is 1. The second-order valence-corrected chi connectivity index (χ2v) is 8.19. The van der Waals surface area contributed by atoms with Crippen molar-refractivity contribution in [1.29, 1.82) is 0 Å². The van der Waals surface area contributed by atoms with Gasteiger partial charge in [0.2, 0.25) is 0 Å². The number of aryl methyl sites for hydroxylation is 1. The largest absolute Gasteiger partial charge is 0.369 e. The van der Waals surface area contributed by atoms with E-state index in [1.54, 1.807) is 0 Å². The standard InChI is InChI=1S/C25H36N2O/c1-3-5-7-8-9-10-11-21-18-26-25(27-19-21)22-15-13-20(14-16-22)17-24-23(28-24)12-6-4-2/h13-16,18-19,23-24H,3-12,17H2,1-2H3/t23-,24-/m0/s1. The fraction of sp³-hybridized carbons (Fsp3) is 0.600. The second-order valence-electron chi connectivity index (χ2n) is 8.19. The van der Waals surface area contributed by atoms with Crippen LogP contribution in [0.15, 0.2) is 36.7 Å². The van der Waals surface area contributed by atoms with Gasteiger partial charge in [0.15, 0.2) is 5.82 Å². The van der Waals surface area contributed by atoms with Crippen LogP contribution in [0.1, 0.15) is 82.8 Å². The fourth-order valence-electron chi connectivity index (χ4n) is 3.78. The van der Waals surface area contributed by atoms with Crippen LogP contribution in [-0.4, -0.2) is 22.2 Å². The molecule has 1 aliphatic rings. The first-order chi connectivity index (χ1) is 13.8. The zero-order valence-electron chi connectivity index (χ0n) is 17.7. The SMILES string of the molecule is CCCCCCCCc1cnc(-c2ccc(C[C@@H]3O[C@H]3CCCC)cc2)nc1. The molecule has 2 atom stereocenters. The summed E-state index contributed by atoms with van der Waals surface area (Å²) >= 11 is 0. The molecule has 2 heterocycles. The van der Waals surface area contributed by atoms with Gasteiger partial charge in [-0.2, -0.15) is 0 Å². The molecule has 0 radical (unpaired) electrons. The van der Waals surface area contributed by atoms with E-state index < -0.39 is 0 Å². The lowest BCUT2D eigenvalue weighted by Crippen LogP contribution is -1.99. The maximum atomic E-state index is 5.79. The fourth-order valence-corrected chi connectivity index (χ4v) is 3.78. The van der Waals surface area contributed by atoms with E-state index >= 15 is 0 Å². The Morgan fingerprint density at radius 3 is 2.14 bits per heavy atom. The summed E-state index contributed by atoms with van der Waals surface area (Å²) in [5.41, 5.74) is 3.68. The Morgan fingerprint density at radius 2 is 1.43 bits per heavy atom. The van der Waals surface area contributed by atoms with Gasteiger partial charge in [-0.25, -0.2) is 9.97 Å². The van der Waals surface area contributed by atoms with Crippen molar-refractivity contribution in [3.05, 3.63) is 47.8 Å². The van der Waals surface area contributed by atoms with Gasteiger partial charge >= 0.3 is 0 Å². The number of aromatic nitrogens is 2. The average Bonchev–Trinajstić information content (AvgIpc) is 3.48. The van der Waals surface area contributed by atoms with Crippen LogP contribution < -0.4 is 0 Å². The monoisotopic (exact) mass is 380 g/mol. The van der Waals surface area contributed by atoms with Gasteiger partial charge in [-0.1, -0.05) is 83.1 Å². The molecule has 0 bridgehead atoms. The van der Waals surface area contributed by atoms with Crippen molar-refractivity contribution >= 4 is 0 Å². The summed E-state index contributed by atoms with van der Waals surface area (Å²) in [5.74, 6) is 0.821. The van der Waals surface area contributed by atoms with E-state index in [2.05, 4.69) is 48.1 Å². The van der Waals surface area contributed by atoms with Gasteiger partial charge in [0, 0.05) is 24.4 Å². The molecule has 0 amide bonds. The van der Waals surface area contributed by atoms with Crippen molar-refractivity contribution < 1.29 is 4.74 Å². The molecule has 0 saturated carbocycles. The molecule has 2 aromatic rings. The van der Waals surface area contributed by atoms with E-state index in [1.165, 1.54) is 68.9 Å². The minimum absolute atomic E-state index is 0.426. The van der Waals surface area contributed by atoms with Crippen LogP contribution in [0.25, 0.3) is 11.4 Å². The summed E-state index contributed by atoms with van der Waals surface area (Å²) in [6, 6.07) is 8.67. The molecule has 3 heteroatoms. The third-order valence-corrected chi connectivity index (χ3v) is 5.70. The molecule has 3 nitrogen and oxygen atoms in total. The van der Waals surface area contributed by atoms with Crippen molar-refractivity contribution in [3.8, 4) is 11.4 Å². The van der Waals surface area contributed by atoms with Gasteiger partial charge in [-0.05, 0) is 30.4 Å². The van der Waals surface area contributed by atoms with Crippen LogP contribution in [-0.2, 0) is 17.6 Å². The lowest BCUT2D eigenvalue weighted by atomic mass is 10.0. The molecule has 1 aromatic carbocycles. The maximum Gasteiger partial charge on any atom is 0.159 e. The number of epoxide rings is 1. The van der Waals surface area contributed by atoms with E-state index in [-0.39, 0.29) is 0 Å². The van der Waals surface area contributed by atoms with Crippen LogP contribution >= 0.6 is 0 Å². The minimum atomic E-state index is 0.426. The van der Waals surface area contributed by atoms with Crippen LogP contribution in [0.5, 0.6) is 0 Å². The maximum absolute atomic E-state index is 5.79. The molecule has 0 aliphatic carbocycles. The van der Waals surface area contributed by atoms with Gasteiger partial charge in [0.1, 0.15) is 0 Å². The molecule has 1 saturated heterocycles. The number of hydrogen-bond acceptors (Lipinski definition) is 3. The van der Waals surface area contributed by atoms with E-state index in [0.717, 1.165) is 24.2 Å². The summed E-state index contributed by atoms with van der Waals surface area (Å²) in [6.45, 7) is 4.50. The molecule has 1 aliphatic heterocycles. The van der Waals surface area contributed by atoms with Gasteiger partial charge in [0.05, 0.1) is 12.2 Å². The van der Waals surface area contributed by atoms with Gasteiger partial charge < -0.3 is 4.74 Å². The molecular formula is C25H36N2O. The third-order valence-electron chi connectivity index (χ3n) is 5.70. The zero-order chi connectivity index (χ0) is 19.6. The highest BCUT2D eigenvalue weighted by atomic mass is 16.6. The third kappa shape index (κ3) is 6.70. The van der Waals surface area contributed by atoms with Crippen LogP contribution in [0, 0.1) is 0 Å². The number of benzene rings is 1. The average molecular weight is 381 g/mol. The highest BCUT2D eigenvalue weighted by molar-refractivity contribution is 5.55. The highest BCUT2D eigenvalue weighted by Gasteiger charge is 2.37. The second kappa shape index (κ2) is 11.3. The Hall–Kier alpha value is -1.74. The summed E-state index contributed by atoms with van der Waals surface area (Å²) in [6.07, 6.45) is 18.7. The number of hydrogen-bond donors (Lipinski definition) is 0. The van der Waals surface area contributed by atoms with E-state index in [9.17, 15) is 0 Å². The minimum Gasteiger partial charge on any atom is -0.369 e. The quantitative estimate of drug-likeness (QED) is 0.292. The topological polar surface area (TPSA) is 38.3 Å². The van der Waals surface area contributed by atoms with E-state index in [1.807, 2.05) is 12.4 Å². The predicted molar refractivity (Wildman–Crippen MR) is 116 cm³/mol. The summed E-state index contributed by atoms with van der Waals surface area (Å²) in [5, 5.41) is 0. The summed E-state index contributed by atoms with van der Waals surface area (Å²) in [4.78, 5) is 9.18. The number of unbranched alkanes of at least 4 members (excludes halogenated alkanes) is 6. The van der Waals surface area contributed by atoms with E-state index in [4.69, 9.17) is 4.74 Å². The van der Waals surface area contributed by atoms with Crippen molar-refractivity contribution in [1.82, 2.24) is 9.97 Å². The van der Waals surface area contributed by atoms with Gasteiger partial charge in [-0.15, -0.1) is 0 Å². The van der Waals surface area contributed by atoms with Crippen molar-refractivity contribution in [2.24, 2.45) is 0 Å². The summed E-state index contributed by atoms with van der Waals surface area (Å²) < 4.78 is 5.79. The zero-order valence-corrected chi connectivity index (χ0v) is 17.7. The first-order valence-electron chi connectivity index (χ1n) is 11.4. The lowest BCUT2D eigenvalue weighted by Gasteiger charge is -2.05. The summed E-state index contributed by atoms with van der Waals surface area (Å²) in [7, 11) is 0. The number of rotatable bonds is 13. The molecule has 0 unspecified atom stereocenters. The Bertz CT molecular complexity index is 681. The molecule has 28 heavy (non-hydrogen) atoms. The van der Waals surface area contributed by atoms with Crippen molar-refractivity contribution in [2.45, 2.75) is 96.7 Å². The molecule has 3 rings (SSSR count). The van der Waals surface area contributed by atoms with Gasteiger partial charge in [-0.3, -0.25) is 0 Å². The van der Waals surface area contributed by atoms with Gasteiger partial charge in [0.25, 0.3) is 0 Å². The first kappa shape index (κ1) is 21.0. The Balaban J connectivity index is 1.42. The van der Waals surface area contributed by atoms with Crippen molar-refractivity contribution in [2.75, 3.05) is 0 Å². The smallest absolute Gasteiger partial charge is 0.159 e. The normalized spacial score (nSPS) is 18.4. The highest BCUT2D eigenvalue weighted by Crippen LogP contribution is 2.30. The molecule has 0 spiro atoms. The molecular weight excluding hydrogens is 344 g/mol. The molecule has 1 fully saturated rings. The van der Waals surface area contributed by atoms with Crippen molar-refractivity contribution in [3.63, 3.8) is 0 Å². The van der Waals surface area contributed by atoms with Crippen LogP contribution in [0.3, 0.4) is 0 Å². The first-order valence-corrected chi connectivity index (χ1v) is 11.4.